The highest BCUT2D eigenvalue weighted by molar-refractivity contribution is 7.39. The van der Waals surface area contributed by atoms with Crippen molar-refractivity contribution in [3.8, 4) is 0 Å². The predicted molar refractivity (Wildman–Crippen MR) is 62.1 cm³/mol. The van der Waals surface area contributed by atoms with Gasteiger partial charge >= 0.3 is 0 Å². The molecule has 2 fully saturated rings. The Bertz CT molecular complexity index is 130. The maximum absolute atomic E-state index is 1.56. The summed E-state index contributed by atoms with van der Waals surface area (Å²) in [6, 6.07) is 0. The Labute approximate surface area is 84.7 Å². The van der Waals surface area contributed by atoms with E-state index in [1.807, 2.05) is 0 Å². The van der Waals surface area contributed by atoms with Gasteiger partial charge in [-0.05, 0) is 37.0 Å². The van der Waals surface area contributed by atoms with E-state index in [-0.39, 0.29) is 0 Å². The van der Waals surface area contributed by atoms with Crippen LogP contribution in [0.5, 0.6) is 0 Å². The van der Waals surface area contributed by atoms with E-state index in [4.69, 9.17) is 0 Å². The van der Waals surface area contributed by atoms with Crippen LogP contribution >= 0.6 is 8.58 Å². The first-order chi connectivity index (χ1) is 6.45. The molecule has 0 aromatic heterocycles. The molecule has 0 saturated heterocycles. The van der Waals surface area contributed by atoms with Crippen LogP contribution in [0.4, 0.5) is 0 Å². The molecule has 13 heavy (non-hydrogen) atoms. The fraction of sp³-hybridized carbons (Fsp3) is 1.00. The highest BCUT2D eigenvalue weighted by Gasteiger charge is 2.20. The van der Waals surface area contributed by atoms with Crippen molar-refractivity contribution in [3.63, 3.8) is 0 Å². The summed E-state index contributed by atoms with van der Waals surface area (Å²) >= 11 is 0. The predicted octanol–water partition coefficient (Wildman–Crippen LogP) is 4.33. The second-order valence-corrected chi connectivity index (χ2v) is 6.80. The summed E-state index contributed by atoms with van der Waals surface area (Å²) in [5, 5.41) is 0. The molecule has 0 radical (unpaired) electrons. The van der Waals surface area contributed by atoms with E-state index in [1.165, 1.54) is 47.1 Å². The van der Waals surface area contributed by atoms with E-state index in [2.05, 4.69) is 0 Å². The average molecular weight is 198 g/mol. The van der Waals surface area contributed by atoms with Gasteiger partial charge in [-0.2, -0.15) is 0 Å². The van der Waals surface area contributed by atoms with E-state index in [0.29, 0.717) is 0 Å². The fourth-order valence-corrected chi connectivity index (χ4v) is 5.02. The topological polar surface area (TPSA) is 0 Å². The largest absolute Gasteiger partial charge is 0.116 e. The van der Waals surface area contributed by atoms with Gasteiger partial charge in [0.1, 0.15) is 0 Å². The minimum absolute atomic E-state index is 1.14. The van der Waals surface area contributed by atoms with Crippen molar-refractivity contribution < 1.29 is 0 Å². The smallest absolute Gasteiger partial charge is 0.0234 e. The van der Waals surface area contributed by atoms with Gasteiger partial charge in [0.15, 0.2) is 0 Å². The second-order valence-electron chi connectivity index (χ2n) is 4.84. The van der Waals surface area contributed by atoms with Gasteiger partial charge in [-0.1, -0.05) is 38.5 Å². The first kappa shape index (κ1) is 9.97. The molecule has 2 rings (SSSR count). The zero-order chi connectivity index (χ0) is 8.93. The van der Waals surface area contributed by atoms with Crippen molar-refractivity contribution in [2.24, 2.45) is 0 Å². The van der Waals surface area contributed by atoms with Crippen LogP contribution in [-0.2, 0) is 0 Å². The lowest BCUT2D eigenvalue weighted by Gasteiger charge is -2.18. The molecule has 1 heteroatoms. The van der Waals surface area contributed by atoms with Gasteiger partial charge < -0.3 is 0 Å². The molecule has 0 nitrogen and oxygen atoms in total. The third kappa shape index (κ3) is 3.24. The van der Waals surface area contributed by atoms with Gasteiger partial charge in [0.05, 0.1) is 0 Å². The zero-order valence-electron chi connectivity index (χ0n) is 8.73. The minimum atomic E-state index is 1.14. The molecule has 0 heterocycles. The number of hydrogen-bond donors (Lipinski definition) is 0. The first-order valence-electron chi connectivity index (χ1n) is 6.21. The molecular formula is C12H23P. The molecule has 2 aliphatic rings. The Balaban J connectivity index is 1.71. The summed E-state index contributed by atoms with van der Waals surface area (Å²) in [5.41, 5.74) is 2.30. The summed E-state index contributed by atoms with van der Waals surface area (Å²) in [6.07, 6.45) is 15.4. The van der Waals surface area contributed by atoms with Crippen LogP contribution in [0.15, 0.2) is 0 Å². The van der Waals surface area contributed by atoms with Crippen molar-refractivity contribution >= 4 is 8.58 Å². The Kier molecular flexibility index (Phi) is 4.10. The monoisotopic (exact) mass is 198 g/mol. The summed E-state index contributed by atoms with van der Waals surface area (Å²) in [4.78, 5) is 0. The van der Waals surface area contributed by atoms with Gasteiger partial charge in [-0.3, -0.25) is 0 Å². The van der Waals surface area contributed by atoms with Crippen LogP contribution in [0, 0.1) is 0 Å². The lowest BCUT2D eigenvalue weighted by atomic mass is 10.2. The normalized spacial score (nSPS) is 28.6. The highest BCUT2D eigenvalue weighted by atomic mass is 31.1. The summed E-state index contributed by atoms with van der Waals surface area (Å²) in [6.45, 7) is 0. The molecule has 0 amide bonds. The maximum atomic E-state index is 1.56. The molecule has 0 bridgehead atoms. The quantitative estimate of drug-likeness (QED) is 0.457. The molecule has 2 saturated carbocycles. The third-order valence-corrected chi connectivity index (χ3v) is 5.78. The van der Waals surface area contributed by atoms with E-state index in [1.54, 1.807) is 25.7 Å². The molecule has 2 aliphatic carbocycles. The van der Waals surface area contributed by atoms with E-state index >= 15 is 0 Å². The molecular weight excluding hydrogens is 175 g/mol. The summed E-state index contributed by atoms with van der Waals surface area (Å²) < 4.78 is 0. The Hall–Kier alpha value is 0.430. The maximum Gasteiger partial charge on any atom is -0.0234 e. The number of hydrogen-bond acceptors (Lipinski definition) is 0. The van der Waals surface area contributed by atoms with Crippen LogP contribution in [0.2, 0.25) is 0 Å². The van der Waals surface area contributed by atoms with Crippen LogP contribution in [0.1, 0.15) is 64.2 Å². The van der Waals surface area contributed by atoms with Crippen molar-refractivity contribution in [2.45, 2.75) is 75.5 Å². The van der Waals surface area contributed by atoms with Crippen molar-refractivity contribution in [2.75, 3.05) is 0 Å². The fourth-order valence-electron chi connectivity index (χ4n) is 2.87. The standard InChI is InChI=1S/C12H23P/c1-2-4-8-11(7-3-1)13-12-9-5-6-10-12/h11-13H,1-10H2. The van der Waals surface area contributed by atoms with Crippen molar-refractivity contribution in [1.29, 1.82) is 0 Å². The van der Waals surface area contributed by atoms with Gasteiger partial charge in [0, 0.05) is 0 Å². The van der Waals surface area contributed by atoms with Crippen LogP contribution in [-0.4, -0.2) is 11.3 Å². The van der Waals surface area contributed by atoms with Gasteiger partial charge in [-0.15, -0.1) is 8.58 Å². The lowest BCUT2D eigenvalue weighted by Crippen LogP contribution is -2.04. The lowest BCUT2D eigenvalue weighted by molar-refractivity contribution is 0.702. The first-order valence-corrected chi connectivity index (χ1v) is 7.37. The molecule has 1 atom stereocenters. The van der Waals surface area contributed by atoms with Crippen LogP contribution in [0.25, 0.3) is 0 Å². The zero-order valence-corrected chi connectivity index (χ0v) is 9.73. The van der Waals surface area contributed by atoms with Gasteiger partial charge in [-0.25, -0.2) is 0 Å². The van der Waals surface area contributed by atoms with Gasteiger partial charge in [0.25, 0.3) is 0 Å². The Morgan fingerprint density at radius 3 is 1.38 bits per heavy atom. The Morgan fingerprint density at radius 2 is 0.923 bits per heavy atom. The molecule has 76 valence electrons. The van der Waals surface area contributed by atoms with Crippen molar-refractivity contribution in [1.82, 2.24) is 0 Å². The van der Waals surface area contributed by atoms with Gasteiger partial charge in [0.2, 0.25) is 0 Å². The molecule has 0 aromatic rings. The third-order valence-electron chi connectivity index (χ3n) is 3.68. The van der Waals surface area contributed by atoms with Crippen LogP contribution < -0.4 is 0 Å². The molecule has 0 N–H and O–H groups in total. The minimum Gasteiger partial charge on any atom is -0.116 e. The average Bonchev–Trinajstić information content (AvgIpc) is 2.49. The van der Waals surface area contributed by atoms with E-state index in [9.17, 15) is 0 Å². The SMILES string of the molecule is C1CCCC(PC2CCCC2)CC1. The molecule has 1 unspecified atom stereocenters. The Morgan fingerprint density at radius 1 is 0.538 bits per heavy atom. The second kappa shape index (κ2) is 5.35. The molecule has 0 spiro atoms. The van der Waals surface area contributed by atoms with E-state index < -0.39 is 0 Å². The van der Waals surface area contributed by atoms with E-state index in [0.717, 1.165) is 11.3 Å². The molecule has 0 aromatic carbocycles. The molecule has 0 aliphatic heterocycles. The highest BCUT2D eigenvalue weighted by Crippen LogP contribution is 2.41. The summed E-state index contributed by atoms with van der Waals surface area (Å²) in [7, 11) is 1.33. The summed E-state index contributed by atoms with van der Waals surface area (Å²) in [5.74, 6) is 0. The number of rotatable bonds is 2. The van der Waals surface area contributed by atoms with Crippen LogP contribution in [0.3, 0.4) is 0 Å². The van der Waals surface area contributed by atoms with Crippen molar-refractivity contribution in [3.05, 3.63) is 0 Å².